The number of nitrogens with zero attached hydrogens (tertiary/aromatic N) is 2. The van der Waals surface area contributed by atoms with E-state index in [9.17, 15) is 9.59 Å². The van der Waals surface area contributed by atoms with Crippen molar-refractivity contribution >= 4 is 63.8 Å². The predicted octanol–water partition coefficient (Wildman–Crippen LogP) is 6.19. The second-order valence-electron chi connectivity index (χ2n) is 6.52. The van der Waals surface area contributed by atoms with Gasteiger partial charge >= 0.3 is 5.97 Å². The van der Waals surface area contributed by atoms with Gasteiger partial charge in [-0.25, -0.2) is 9.79 Å². The fraction of sp³-hybridized carbons (Fsp3) is 0.0455. The molecule has 0 radical (unpaired) electrons. The Labute approximate surface area is 191 Å². The van der Waals surface area contributed by atoms with Gasteiger partial charge < -0.3 is 9.52 Å². The molecule has 1 aliphatic rings. The van der Waals surface area contributed by atoms with Crippen LogP contribution >= 0.6 is 35.0 Å². The lowest BCUT2D eigenvalue weighted by atomic mass is 10.2. The van der Waals surface area contributed by atoms with E-state index in [2.05, 4.69) is 4.99 Å². The van der Waals surface area contributed by atoms with E-state index in [1.165, 1.54) is 28.8 Å². The minimum Gasteiger partial charge on any atom is -0.478 e. The summed E-state index contributed by atoms with van der Waals surface area (Å²) in [7, 11) is 1.60. The van der Waals surface area contributed by atoms with E-state index >= 15 is 0 Å². The summed E-state index contributed by atoms with van der Waals surface area (Å²) >= 11 is 13.6. The zero-order valence-electron chi connectivity index (χ0n) is 16.0. The van der Waals surface area contributed by atoms with Gasteiger partial charge in [0, 0.05) is 13.1 Å². The van der Waals surface area contributed by atoms with Crippen LogP contribution in [-0.2, 0) is 4.79 Å². The number of amidine groups is 1. The van der Waals surface area contributed by atoms with Crippen molar-refractivity contribution in [2.75, 3.05) is 7.05 Å². The second kappa shape index (κ2) is 8.63. The number of aromatic carboxylic acids is 1. The summed E-state index contributed by atoms with van der Waals surface area (Å²) in [5.74, 6) is -0.333. The lowest BCUT2D eigenvalue weighted by Crippen LogP contribution is -2.23. The van der Waals surface area contributed by atoms with E-state index in [1.54, 1.807) is 55.6 Å². The third kappa shape index (κ3) is 4.39. The number of hydrogen-bond acceptors (Lipinski definition) is 5. The SMILES string of the molecule is CN1C(=O)/C(=C\c2ccc(-c3c(Cl)cccc3Cl)o2)SC1=Nc1cccc(C(=O)O)c1. The summed E-state index contributed by atoms with van der Waals surface area (Å²) < 4.78 is 5.84. The van der Waals surface area contributed by atoms with Crippen molar-refractivity contribution in [2.45, 2.75) is 0 Å². The Morgan fingerprint density at radius 3 is 2.55 bits per heavy atom. The maximum atomic E-state index is 12.6. The molecule has 0 bridgehead atoms. The van der Waals surface area contributed by atoms with Crippen LogP contribution in [0.3, 0.4) is 0 Å². The number of thioether (sulfide) groups is 1. The van der Waals surface area contributed by atoms with Crippen molar-refractivity contribution < 1.29 is 19.1 Å². The highest BCUT2D eigenvalue weighted by Gasteiger charge is 2.30. The number of benzene rings is 2. The van der Waals surface area contributed by atoms with Gasteiger partial charge in [0.05, 0.1) is 31.8 Å². The van der Waals surface area contributed by atoms with Crippen LogP contribution in [0.2, 0.25) is 10.0 Å². The molecule has 0 unspecified atom stereocenters. The minimum absolute atomic E-state index is 0.121. The minimum atomic E-state index is -1.04. The molecule has 1 fully saturated rings. The van der Waals surface area contributed by atoms with Gasteiger partial charge in [-0.05, 0) is 54.2 Å². The molecule has 31 heavy (non-hydrogen) atoms. The highest BCUT2D eigenvalue weighted by Crippen LogP contribution is 2.37. The van der Waals surface area contributed by atoms with E-state index in [1.807, 2.05) is 0 Å². The third-order valence-electron chi connectivity index (χ3n) is 4.43. The first-order valence-electron chi connectivity index (χ1n) is 8.97. The van der Waals surface area contributed by atoms with Gasteiger partial charge in [-0.3, -0.25) is 9.69 Å². The first kappa shape index (κ1) is 21.2. The average molecular weight is 473 g/mol. The highest BCUT2D eigenvalue weighted by atomic mass is 35.5. The molecular formula is C22H14Cl2N2O4S. The third-order valence-corrected chi connectivity index (χ3v) is 6.12. The van der Waals surface area contributed by atoms with Crippen molar-refractivity contribution in [3.05, 3.63) is 80.9 Å². The van der Waals surface area contributed by atoms with Crippen LogP contribution in [0.15, 0.2) is 68.9 Å². The second-order valence-corrected chi connectivity index (χ2v) is 8.35. The first-order valence-corrected chi connectivity index (χ1v) is 10.5. The van der Waals surface area contributed by atoms with Gasteiger partial charge in [0.25, 0.3) is 5.91 Å². The fourth-order valence-electron chi connectivity index (χ4n) is 2.90. The normalized spacial score (nSPS) is 16.5. The predicted molar refractivity (Wildman–Crippen MR) is 123 cm³/mol. The van der Waals surface area contributed by atoms with E-state index in [0.717, 1.165) is 0 Å². The van der Waals surface area contributed by atoms with Gasteiger partial charge in [-0.15, -0.1) is 0 Å². The monoisotopic (exact) mass is 472 g/mol. The number of halogens is 2. The van der Waals surface area contributed by atoms with Crippen LogP contribution in [0.4, 0.5) is 5.69 Å². The molecule has 4 rings (SSSR count). The number of aliphatic imine (C=N–C) groups is 1. The Bertz CT molecular complexity index is 1250. The molecule has 0 atom stereocenters. The van der Waals surface area contributed by atoms with Crippen LogP contribution in [-0.4, -0.2) is 34.1 Å². The number of carboxylic acids is 1. The quantitative estimate of drug-likeness (QED) is 0.457. The molecule has 0 aliphatic carbocycles. The number of rotatable bonds is 4. The molecule has 0 saturated carbocycles. The number of carbonyl (C=O) groups excluding carboxylic acids is 1. The number of furan rings is 1. The fourth-order valence-corrected chi connectivity index (χ4v) is 4.45. The maximum Gasteiger partial charge on any atom is 0.335 e. The highest BCUT2D eigenvalue weighted by molar-refractivity contribution is 8.18. The van der Waals surface area contributed by atoms with Crippen LogP contribution in [0.25, 0.3) is 17.4 Å². The summed E-state index contributed by atoms with van der Waals surface area (Å²) in [5.41, 5.74) is 1.14. The summed E-state index contributed by atoms with van der Waals surface area (Å²) in [5, 5.41) is 10.5. The van der Waals surface area contributed by atoms with Crippen molar-refractivity contribution in [3.63, 3.8) is 0 Å². The van der Waals surface area contributed by atoms with Gasteiger partial charge in [-0.2, -0.15) is 0 Å². The smallest absolute Gasteiger partial charge is 0.335 e. The summed E-state index contributed by atoms with van der Waals surface area (Å²) in [6.07, 6.45) is 1.62. The molecule has 1 aromatic heterocycles. The van der Waals surface area contributed by atoms with Crippen molar-refractivity contribution in [1.29, 1.82) is 0 Å². The Morgan fingerprint density at radius 1 is 1.13 bits per heavy atom. The molecule has 1 N–H and O–H groups in total. The summed E-state index contributed by atoms with van der Waals surface area (Å²) in [6, 6.07) is 14.8. The van der Waals surface area contributed by atoms with Gasteiger partial charge in [0.15, 0.2) is 5.17 Å². The number of hydrogen-bond donors (Lipinski definition) is 1. The number of carbonyl (C=O) groups is 2. The molecule has 156 valence electrons. The van der Waals surface area contributed by atoms with E-state index in [-0.39, 0.29) is 11.5 Å². The van der Waals surface area contributed by atoms with Crippen molar-refractivity contribution in [1.82, 2.24) is 4.90 Å². The maximum absolute atomic E-state index is 12.6. The van der Waals surface area contributed by atoms with Crippen LogP contribution in [0.5, 0.6) is 0 Å². The van der Waals surface area contributed by atoms with Gasteiger partial charge in [0.2, 0.25) is 0 Å². The lowest BCUT2D eigenvalue weighted by Gasteiger charge is -2.07. The van der Waals surface area contributed by atoms with Crippen molar-refractivity contribution in [2.24, 2.45) is 4.99 Å². The molecular weight excluding hydrogens is 459 g/mol. The van der Waals surface area contributed by atoms with Crippen LogP contribution in [0.1, 0.15) is 16.1 Å². The topological polar surface area (TPSA) is 83.1 Å². The van der Waals surface area contributed by atoms with Gasteiger partial charge in [0.1, 0.15) is 11.5 Å². The molecule has 1 amide bonds. The zero-order chi connectivity index (χ0) is 22.1. The summed E-state index contributed by atoms with van der Waals surface area (Å²) in [4.78, 5) is 30.0. The number of likely N-dealkylation sites (N-methyl/N-ethyl adjacent to an activating group) is 1. The van der Waals surface area contributed by atoms with Crippen LogP contribution in [0, 0.1) is 0 Å². The average Bonchev–Trinajstić information content (AvgIpc) is 3.29. The largest absolute Gasteiger partial charge is 0.478 e. The Balaban J connectivity index is 1.62. The Hall–Kier alpha value is -3.00. The number of amides is 1. The summed E-state index contributed by atoms with van der Waals surface area (Å²) in [6.45, 7) is 0. The molecule has 6 nitrogen and oxygen atoms in total. The van der Waals surface area contributed by atoms with Crippen LogP contribution < -0.4 is 0 Å². The van der Waals surface area contributed by atoms with E-state index < -0.39 is 5.97 Å². The molecule has 9 heteroatoms. The number of carboxylic acid groups (broad SMARTS) is 1. The molecule has 1 aliphatic heterocycles. The van der Waals surface area contributed by atoms with E-state index in [4.69, 9.17) is 32.7 Å². The molecule has 3 aromatic rings. The molecule has 2 heterocycles. The van der Waals surface area contributed by atoms with Crippen molar-refractivity contribution in [3.8, 4) is 11.3 Å². The lowest BCUT2D eigenvalue weighted by molar-refractivity contribution is -0.121. The first-order chi connectivity index (χ1) is 14.8. The molecule has 2 aromatic carbocycles. The Kier molecular flexibility index (Phi) is 5.91. The standard InChI is InChI=1S/C22H14Cl2N2O4S/c1-26-20(27)18(31-22(26)25-13-5-2-4-12(10-13)21(28)29)11-14-8-9-17(30-14)19-15(23)6-3-7-16(19)24/h2-11H,1H3,(H,28,29)/b18-11+,25-22?. The molecule has 1 saturated heterocycles. The molecule has 0 spiro atoms. The Morgan fingerprint density at radius 2 is 1.84 bits per heavy atom. The van der Waals surface area contributed by atoms with Gasteiger partial charge in [-0.1, -0.05) is 35.3 Å². The van der Waals surface area contributed by atoms with E-state index in [0.29, 0.717) is 42.9 Å². The zero-order valence-corrected chi connectivity index (χ0v) is 18.3.